The van der Waals surface area contributed by atoms with Gasteiger partial charge in [-0.15, -0.1) is 0 Å². The number of benzene rings is 3. The van der Waals surface area contributed by atoms with E-state index < -0.39 is 10.0 Å². The summed E-state index contributed by atoms with van der Waals surface area (Å²) in [6.45, 7) is 4.02. The van der Waals surface area contributed by atoms with Crippen LogP contribution in [-0.4, -0.2) is 13.5 Å². The predicted octanol–water partition coefficient (Wildman–Crippen LogP) is 5.57. The van der Waals surface area contributed by atoms with Gasteiger partial charge in [0.2, 0.25) is 0 Å². The molecule has 0 aromatic heterocycles. The van der Waals surface area contributed by atoms with Gasteiger partial charge in [-0.2, -0.15) is 0 Å². The number of aryl methyl sites for hydroxylation is 2. The van der Waals surface area contributed by atoms with Crippen molar-refractivity contribution in [3.8, 4) is 0 Å². The van der Waals surface area contributed by atoms with Crippen molar-refractivity contribution >= 4 is 56.0 Å². The van der Waals surface area contributed by atoms with E-state index in [4.69, 9.17) is 23.8 Å². The van der Waals surface area contributed by atoms with Gasteiger partial charge in [-0.1, -0.05) is 35.9 Å². The Kier molecular flexibility index (Phi) is 6.42. The summed E-state index contributed by atoms with van der Waals surface area (Å²) < 4.78 is 27.9. The first kappa shape index (κ1) is 21.1. The van der Waals surface area contributed by atoms with E-state index in [9.17, 15) is 8.42 Å². The van der Waals surface area contributed by atoms with Crippen molar-refractivity contribution in [2.75, 3.05) is 15.4 Å². The van der Waals surface area contributed by atoms with Gasteiger partial charge in [0.15, 0.2) is 5.11 Å². The Labute approximate surface area is 181 Å². The maximum Gasteiger partial charge on any atom is 0.262 e. The van der Waals surface area contributed by atoms with Crippen LogP contribution in [0.15, 0.2) is 71.6 Å². The Bertz CT molecular complexity index is 1140. The highest BCUT2D eigenvalue weighted by molar-refractivity contribution is 7.92. The van der Waals surface area contributed by atoms with E-state index in [1.165, 1.54) is 12.1 Å². The average molecular weight is 446 g/mol. The van der Waals surface area contributed by atoms with Crippen LogP contribution >= 0.6 is 23.8 Å². The van der Waals surface area contributed by atoms with E-state index in [2.05, 4.69) is 21.4 Å². The van der Waals surface area contributed by atoms with E-state index in [-0.39, 0.29) is 4.90 Å². The van der Waals surface area contributed by atoms with Crippen LogP contribution in [0.25, 0.3) is 0 Å². The summed E-state index contributed by atoms with van der Waals surface area (Å²) in [5.74, 6) is 0. The average Bonchev–Trinajstić information content (AvgIpc) is 2.63. The fourth-order valence-electron chi connectivity index (χ4n) is 2.83. The monoisotopic (exact) mass is 445 g/mol. The number of rotatable bonds is 5. The molecule has 3 rings (SSSR count). The fraction of sp³-hybridized carbons (Fsp3) is 0.0952. The first-order chi connectivity index (χ1) is 13.7. The quantitative estimate of drug-likeness (QED) is 0.448. The highest BCUT2D eigenvalue weighted by Crippen LogP contribution is 2.25. The minimum absolute atomic E-state index is 0.0941. The maximum absolute atomic E-state index is 12.7. The van der Waals surface area contributed by atoms with Gasteiger partial charge in [0, 0.05) is 11.4 Å². The molecule has 0 heterocycles. The van der Waals surface area contributed by atoms with Gasteiger partial charge < -0.3 is 10.6 Å². The third-order valence-electron chi connectivity index (χ3n) is 4.00. The van der Waals surface area contributed by atoms with Gasteiger partial charge in [0.1, 0.15) is 0 Å². The fourth-order valence-corrected chi connectivity index (χ4v) is 4.43. The van der Waals surface area contributed by atoms with E-state index >= 15 is 0 Å². The Morgan fingerprint density at radius 2 is 1.52 bits per heavy atom. The van der Waals surface area contributed by atoms with Crippen LogP contribution in [0.5, 0.6) is 0 Å². The Morgan fingerprint density at radius 1 is 0.862 bits per heavy atom. The van der Waals surface area contributed by atoms with Crippen molar-refractivity contribution in [3.05, 3.63) is 82.9 Å². The molecule has 0 atom stereocenters. The van der Waals surface area contributed by atoms with Gasteiger partial charge in [-0.05, 0) is 79.7 Å². The number of anilines is 3. The van der Waals surface area contributed by atoms with Crippen LogP contribution in [0.3, 0.4) is 0 Å². The largest absolute Gasteiger partial charge is 0.332 e. The van der Waals surface area contributed by atoms with Crippen molar-refractivity contribution in [3.63, 3.8) is 0 Å². The van der Waals surface area contributed by atoms with Gasteiger partial charge in [-0.3, -0.25) is 4.72 Å². The molecule has 0 fully saturated rings. The number of hydrogen-bond donors (Lipinski definition) is 3. The number of hydrogen-bond acceptors (Lipinski definition) is 3. The first-order valence-electron chi connectivity index (χ1n) is 8.77. The van der Waals surface area contributed by atoms with Crippen molar-refractivity contribution in [2.45, 2.75) is 18.7 Å². The predicted molar refractivity (Wildman–Crippen MR) is 124 cm³/mol. The summed E-state index contributed by atoms with van der Waals surface area (Å²) >= 11 is 11.4. The molecule has 0 saturated carbocycles. The molecule has 150 valence electrons. The third-order valence-corrected chi connectivity index (χ3v) is 5.90. The smallest absolute Gasteiger partial charge is 0.262 e. The second-order valence-corrected chi connectivity index (χ2v) is 9.07. The highest BCUT2D eigenvalue weighted by Gasteiger charge is 2.16. The van der Waals surface area contributed by atoms with Crippen molar-refractivity contribution in [1.29, 1.82) is 0 Å². The zero-order chi connectivity index (χ0) is 21.0. The molecule has 3 N–H and O–H groups in total. The lowest BCUT2D eigenvalue weighted by Crippen LogP contribution is -2.20. The number of halogens is 1. The van der Waals surface area contributed by atoms with Gasteiger partial charge in [-0.25, -0.2) is 8.42 Å². The molecule has 0 radical (unpaired) electrons. The number of sulfonamides is 1. The lowest BCUT2D eigenvalue weighted by Gasteiger charge is -2.13. The van der Waals surface area contributed by atoms with Crippen LogP contribution in [-0.2, 0) is 10.0 Å². The third kappa shape index (κ3) is 5.69. The standard InChI is InChI=1S/C21H20ClN3O2S2/c1-14-10-15(2)12-17(11-14)24-21(28)23-16-6-5-7-18(13-16)29(26,27)25-20-9-4-3-8-19(20)22/h3-13,25H,1-2H3,(H2,23,24,28). The lowest BCUT2D eigenvalue weighted by molar-refractivity contribution is 0.601. The van der Waals surface area contributed by atoms with E-state index in [0.29, 0.717) is 21.5 Å². The molecule has 5 nitrogen and oxygen atoms in total. The number of para-hydroxylation sites is 1. The molecule has 0 aliphatic carbocycles. The van der Waals surface area contributed by atoms with Crippen LogP contribution in [0.4, 0.5) is 17.1 Å². The van der Waals surface area contributed by atoms with E-state index in [1.54, 1.807) is 36.4 Å². The topological polar surface area (TPSA) is 70.2 Å². The Morgan fingerprint density at radius 3 is 2.21 bits per heavy atom. The van der Waals surface area contributed by atoms with Gasteiger partial charge in [0.05, 0.1) is 15.6 Å². The molecule has 3 aromatic carbocycles. The normalized spacial score (nSPS) is 11.0. The van der Waals surface area contributed by atoms with Crippen LogP contribution in [0.2, 0.25) is 5.02 Å². The molecule has 0 aliphatic rings. The van der Waals surface area contributed by atoms with Crippen molar-refractivity contribution < 1.29 is 8.42 Å². The second kappa shape index (κ2) is 8.82. The minimum Gasteiger partial charge on any atom is -0.332 e. The Balaban J connectivity index is 1.75. The van der Waals surface area contributed by atoms with Crippen LogP contribution < -0.4 is 15.4 Å². The molecule has 0 saturated heterocycles. The van der Waals surface area contributed by atoms with E-state index in [1.807, 2.05) is 26.0 Å². The maximum atomic E-state index is 12.7. The zero-order valence-corrected chi connectivity index (χ0v) is 18.3. The molecule has 0 bridgehead atoms. The molecule has 0 spiro atoms. The summed E-state index contributed by atoms with van der Waals surface area (Å²) in [5.41, 5.74) is 3.97. The zero-order valence-electron chi connectivity index (χ0n) is 15.9. The minimum atomic E-state index is -3.80. The highest BCUT2D eigenvalue weighted by atomic mass is 35.5. The van der Waals surface area contributed by atoms with Crippen molar-refractivity contribution in [2.24, 2.45) is 0 Å². The summed E-state index contributed by atoms with van der Waals surface area (Å²) in [4.78, 5) is 0.0941. The van der Waals surface area contributed by atoms with Gasteiger partial charge >= 0.3 is 0 Å². The number of nitrogens with one attached hydrogen (secondary N) is 3. The lowest BCUT2D eigenvalue weighted by atomic mass is 10.1. The number of thiocarbonyl (C=S) groups is 1. The van der Waals surface area contributed by atoms with Gasteiger partial charge in [0.25, 0.3) is 10.0 Å². The SMILES string of the molecule is Cc1cc(C)cc(NC(=S)Nc2cccc(S(=O)(=O)Nc3ccccc3Cl)c2)c1. The van der Waals surface area contributed by atoms with E-state index in [0.717, 1.165) is 16.8 Å². The van der Waals surface area contributed by atoms with Crippen LogP contribution in [0, 0.1) is 13.8 Å². The summed E-state index contributed by atoms with van der Waals surface area (Å²) in [6.07, 6.45) is 0. The molecular weight excluding hydrogens is 426 g/mol. The summed E-state index contributed by atoms with van der Waals surface area (Å²) in [6, 6.07) is 19.1. The molecular formula is C21H20ClN3O2S2. The molecule has 8 heteroatoms. The summed E-state index contributed by atoms with van der Waals surface area (Å²) in [5, 5.41) is 6.82. The first-order valence-corrected chi connectivity index (χ1v) is 11.0. The Hall–Kier alpha value is -2.61. The second-order valence-electron chi connectivity index (χ2n) is 6.57. The van der Waals surface area contributed by atoms with Crippen LogP contribution in [0.1, 0.15) is 11.1 Å². The molecule has 29 heavy (non-hydrogen) atoms. The van der Waals surface area contributed by atoms with Crippen molar-refractivity contribution in [1.82, 2.24) is 0 Å². The molecule has 0 aliphatic heterocycles. The molecule has 0 amide bonds. The molecule has 0 unspecified atom stereocenters. The summed E-state index contributed by atoms with van der Waals surface area (Å²) in [7, 11) is -3.80. The molecule has 3 aromatic rings.